The Morgan fingerprint density at radius 1 is 0.863 bits per heavy atom. The SMILES string of the molecule is CCCC(NC(=O)[C@H](CC1SCCS1)NC(=O)[C@@H](NC(=O)OCC(C)C)C1CCCCC1)C(=O)C(=O)NCC(=O)NC(C(=O)O)c1ccccc1. The number of aliphatic carboxylic acids is 1. The molecule has 2 fully saturated rings. The Bertz CT molecular complexity index is 1350. The number of alkyl carbamates (subject to hydrolysis) is 1. The summed E-state index contributed by atoms with van der Waals surface area (Å²) in [6.07, 6.45) is 4.42. The van der Waals surface area contributed by atoms with Crippen LogP contribution in [0.2, 0.25) is 0 Å². The maximum atomic E-state index is 13.8. The summed E-state index contributed by atoms with van der Waals surface area (Å²) in [4.78, 5) is 90.7. The number of amides is 5. The Hall–Kier alpha value is -3.79. The number of Topliss-reactive ketones (excluding diaryl/α,β-unsaturated/α-hetero) is 1. The van der Waals surface area contributed by atoms with E-state index in [9.17, 15) is 38.7 Å². The number of hydrogen-bond acceptors (Lipinski definition) is 10. The second kappa shape index (κ2) is 21.5. The van der Waals surface area contributed by atoms with Gasteiger partial charge in [-0.15, -0.1) is 23.5 Å². The lowest BCUT2D eigenvalue weighted by Crippen LogP contribution is -2.58. The van der Waals surface area contributed by atoms with E-state index in [2.05, 4.69) is 26.6 Å². The van der Waals surface area contributed by atoms with Crippen LogP contribution in [0.25, 0.3) is 0 Å². The third-order valence-electron chi connectivity index (χ3n) is 8.51. The molecule has 4 atom stereocenters. The van der Waals surface area contributed by atoms with Crippen LogP contribution < -0.4 is 26.6 Å². The van der Waals surface area contributed by atoms with Crippen LogP contribution in [0.15, 0.2) is 30.3 Å². The third kappa shape index (κ3) is 14.0. The largest absolute Gasteiger partial charge is 0.479 e. The number of rotatable bonds is 19. The smallest absolute Gasteiger partial charge is 0.407 e. The minimum absolute atomic E-state index is 0.00537. The van der Waals surface area contributed by atoms with Gasteiger partial charge in [-0.25, -0.2) is 9.59 Å². The Labute approximate surface area is 307 Å². The van der Waals surface area contributed by atoms with E-state index in [-0.39, 0.29) is 35.9 Å². The summed E-state index contributed by atoms with van der Waals surface area (Å²) in [6.45, 7) is 5.10. The second-order valence-corrected chi connectivity index (χ2v) is 16.0. The number of benzene rings is 1. The maximum Gasteiger partial charge on any atom is 0.407 e. The lowest BCUT2D eigenvalue weighted by Gasteiger charge is -2.31. The number of hydrogen-bond donors (Lipinski definition) is 6. The summed E-state index contributed by atoms with van der Waals surface area (Å²) < 4.78 is 5.31. The Morgan fingerprint density at radius 3 is 2.12 bits per heavy atom. The van der Waals surface area contributed by atoms with Gasteiger partial charge >= 0.3 is 12.1 Å². The molecule has 2 unspecified atom stereocenters. The molecular formula is C35H51N5O9S2. The van der Waals surface area contributed by atoms with Gasteiger partial charge in [-0.05, 0) is 43.1 Å². The van der Waals surface area contributed by atoms with Crippen molar-refractivity contribution in [2.45, 2.75) is 101 Å². The van der Waals surface area contributed by atoms with Crippen molar-refractivity contribution in [1.82, 2.24) is 26.6 Å². The van der Waals surface area contributed by atoms with E-state index in [0.29, 0.717) is 12.0 Å². The standard InChI is InChI=1S/C35H51N5O9S2/c1-4-11-24(30(42)33(45)36-19-26(41)39-29(34(46)47)23-14-9-6-10-15-23)37-31(43)25(18-27-50-16-17-51-27)38-32(44)28(22-12-7-5-8-13-22)40-35(48)49-20-21(2)3/h6,9-10,14-15,21-22,24-25,27-29H,4-5,7-8,11-13,16-20H2,1-3H3,(H,36,45)(H,37,43)(H,38,44)(H,39,41)(H,40,48)(H,46,47)/t24?,25-,28-,29?/m0/s1. The first-order valence-corrected chi connectivity index (χ1v) is 19.7. The highest BCUT2D eigenvalue weighted by molar-refractivity contribution is 8.20. The summed E-state index contributed by atoms with van der Waals surface area (Å²) in [5.41, 5.74) is 0.328. The lowest BCUT2D eigenvalue weighted by molar-refractivity contribution is -0.142. The zero-order valence-corrected chi connectivity index (χ0v) is 31.1. The van der Waals surface area contributed by atoms with Gasteiger partial charge in [0.25, 0.3) is 5.91 Å². The fourth-order valence-corrected chi connectivity index (χ4v) is 8.80. The van der Waals surface area contributed by atoms with Crippen LogP contribution in [0, 0.1) is 11.8 Å². The van der Waals surface area contributed by atoms with Crippen LogP contribution in [0.3, 0.4) is 0 Å². The number of carboxylic acids is 1. The monoisotopic (exact) mass is 749 g/mol. The average molecular weight is 750 g/mol. The van der Waals surface area contributed by atoms with Gasteiger partial charge in [0.2, 0.25) is 23.5 Å². The topological polar surface area (TPSA) is 209 Å². The van der Waals surface area contributed by atoms with Crippen molar-refractivity contribution in [3.05, 3.63) is 35.9 Å². The van der Waals surface area contributed by atoms with Crippen molar-refractivity contribution < 1.29 is 43.4 Å². The minimum atomic E-state index is -1.36. The van der Waals surface area contributed by atoms with Gasteiger partial charge in [-0.1, -0.05) is 76.8 Å². The van der Waals surface area contributed by atoms with Crippen molar-refractivity contribution in [1.29, 1.82) is 0 Å². The summed E-state index contributed by atoms with van der Waals surface area (Å²) in [7, 11) is 0. The van der Waals surface area contributed by atoms with Gasteiger partial charge in [0.05, 0.1) is 23.8 Å². The highest BCUT2D eigenvalue weighted by Gasteiger charge is 2.37. The van der Waals surface area contributed by atoms with E-state index < -0.39 is 72.2 Å². The molecule has 1 saturated heterocycles. The van der Waals surface area contributed by atoms with E-state index in [1.807, 2.05) is 13.8 Å². The number of carboxylic acid groups (broad SMARTS) is 1. The number of thioether (sulfide) groups is 2. The van der Waals surface area contributed by atoms with Crippen molar-refractivity contribution in [3.8, 4) is 0 Å². The molecule has 1 aliphatic carbocycles. The van der Waals surface area contributed by atoms with Crippen molar-refractivity contribution in [2.75, 3.05) is 24.7 Å². The van der Waals surface area contributed by atoms with Crippen molar-refractivity contribution in [3.63, 3.8) is 0 Å². The third-order valence-corrected chi connectivity index (χ3v) is 11.6. The van der Waals surface area contributed by atoms with Crippen LogP contribution in [0.5, 0.6) is 0 Å². The summed E-state index contributed by atoms with van der Waals surface area (Å²) in [5, 5.41) is 22.4. The predicted molar refractivity (Wildman–Crippen MR) is 195 cm³/mol. The van der Waals surface area contributed by atoms with Crippen molar-refractivity contribution in [2.24, 2.45) is 11.8 Å². The zero-order chi connectivity index (χ0) is 37.3. The second-order valence-electron chi connectivity index (χ2n) is 13.1. The highest BCUT2D eigenvalue weighted by atomic mass is 32.2. The molecular weight excluding hydrogens is 699 g/mol. The Morgan fingerprint density at radius 2 is 1.51 bits per heavy atom. The van der Waals surface area contributed by atoms with Gasteiger partial charge in [0.1, 0.15) is 12.1 Å². The fourth-order valence-electron chi connectivity index (χ4n) is 5.89. The minimum Gasteiger partial charge on any atom is -0.479 e. The van der Waals surface area contributed by atoms with E-state index in [1.165, 1.54) is 12.1 Å². The first kappa shape index (κ1) is 41.6. The molecule has 1 aromatic carbocycles. The van der Waals surface area contributed by atoms with E-state index >= 15 is 0 Å². The first-order chi connectivity index (χ1) is 24.4. The lowest BCUT2D eigenvalue weighted by atomic mass is 9.83. The van der Waals surface area contributed by atoms with Gasteiger partial charge in [-0.3, -0.25) is 24.0 Å². The molecule has 0 bridgehead atoms. The quantitative estimate of drug-likeness (QED) is 0.113. The molecule has 14 nitrogen and oxygen atoms in total. The Balaban J connectivity index is 1.68. The van der Waals surface area contributed by atoms with Gasteiger partial charge in [0, 0.05) is 11.5 Å². The van der Waals surface area contributed by atoms with Crippen molar-refractivity contribution >= 4 is 65.0 Å². The van der Waals surface area contributed by atoms with Gasteiger partial charge in [0.15, 0.2) is 6.04 Å². The Kier molecular flexibility index (Phi) is 17.6. The van der Waals surface area contributed by atoms with Crippen LogP contribution in [0.4, 0.5) is 4.79 Å². The molecule has 1 saturated carbocycles. The molecule has 0 aromatic heterocycles. The average Bonchev–Trinajstić information content (AvgIpc) is 3.64. The molecule has 51 heavy (non-hydrogen) atoms. The summed E-state index contributed by atoms with van der Waals surface area (Å²) in [5.74, 6) is -3.67. The molecule has 1 aliphatic heterocycles. The normalized spacial score (nSPS) is 17.3. The fraction of sp³-hybridized carbons (Fsp3) is 0.629. The molecule has 2 aliphatic rings. The molecule has 282 valence electrons. The first-order valence-electron chi connectivity index (χ1n) is 17.6. The maximum absolute atomic E-state index is 13.8. The molecule has 3 rings (SSSR count). The molecule has 6 N–H and O–H groups in total. The van der Waals surface area contributed by atoms with E-state index in [1.54, 1.807) is 48.6 Å². The number of ether oxygens (including phenoxy) is 1. The number of carbonyl (C=O) groups is 7. The van der Waals surface area contributed by atoms with Crippen LogP contribution in [-0.4, -0.2) is 93.9 Å². The highest BCUT2D eigenvalue weighted by Crippen LogP contribution is 2.35. The van der Waals surface area contributed by atoms with E-state index in [0.717, 1.165) is 43.6 Å². The number of carbonyl (C=O) groups excluding carboxylic acids is 6. The number of nitrogens with one attached hydrogen (secondary N) is 5. The molecule has 0 spiro atoms. The molecule has 1 heterocycles. The van der Waals surface area contributed by atoms with Crippen LogP contribution in [0.1, 0.15) is 83.7 Å². The zero-order valence-electron chi connectivity index (χ0n) is 29.4. The molecule has 5 amide bonds. The van der Waals surface area contributed by atoms with Gasteiger partial charge in [-0.2, -0.15) is 0 Å². The summed E-state index contributed by atoms with van der Waals surface area (Å²) >= 11 is 3.32. The molecule has 16 heteroatoms. The number of ketones is 1. The van der Waals surface area contributed by atoms with Gasteiger partial charge < -0.3 is 36.4 Å². The van der Waals surface area contributed by atoms with Crippen LogP contribution >= 0.6 is 23.5 Å². The van der Waals surface area contributed by atoms with E-state index in [4.69, 9.17) is 4.74 Å². The van der Waals surface area contributed by atoms with Crippen LogP contribution in [-0.2, 0) is 33.5 Å². The summed E-state index contributed by atoms with van der Waals surface area (Å²) in [6, 6.07) is 3.42. The molecule has 0 radical (unpaired) electrons. The predicted octanol–water partition coefficient (Wildman–Crippen LogP) is 2.91. The molecule has 1 aromatic rings.